The molecule has 1 fully saturated rings. The summed E-state index contributed by atoms with van der Waals surface area (Å²) in [5.74, 6) is -7.74. The van der Waals surface area contributed by atoms with Gasteiger partial charge in [-0.3, -0.25) is 4.79 Å². The van der Waals surface area contributed by atoms with Crippen LogP contribution in [0.25, 0.3) is 0 Å². The van der Waals surface area contributed by atoms with Crippen molar-refractivity contribution in [1.82, 2.24) is 0 Å². The van der Waals surface area contributed by atoms with Crippen molar-refractivity contribution in [1.29, 1.82) is 0 Å². The van der Waals surface area contributed by atoms with Crippen LogP contribution in [-0.2, 0) is 16.1 Å². The second-order valence-corrected chi connectivity index (χ2v) is 6.77. The Hall–Kier alpha value is -1.89. The summed E-state index contributed by atoms with van der Waals surface area (Å²) in [4.78, 5) is 12.2. The van der Waals surface area contributed by atoms with E-state index < -0.39 is 58.3 Å². The van der Waals surface area contributed by atoms with Crippen LogP contribution in [-0.4, -0.2) is 17.7 Å². The number of halogens is 4. The lowest BCUT2D eigenvalue weighted by Gasteiger charge is -2.11. The first kappa shape index (κ1) is 19.4. The molecule has 0 spiro atoms. The van der Waals surface area contributed by atoms with Crippen molar-refractivity contribution >= 4 is 5.97 Å². The summed E-state index contributed by atoms with van der Waals surface area (Å²) in [5, 5.41) is 9.33. The minimum Gasteiger partial charge on any atom is -0.460 e. The van der Waals surface area contributed by atoms with Gasteiger partial charge in [0.1, 0.15) is 6.61 Å². The number of esters is 1. The van der Waals surface area contributed by atoms with E-state index in [1.54, 1.807) is 26.8 Å². The topological polar surface area (TPSA) is 46.5 Å². The molecule has 0 saturated heterocycles. The second kappa shape index (κ2) is 6.78. The van der Waals surface area contributed by atoms with Gasteiger partial charge in [-0.1, -0.05) is 19.9 Å². The first-order valence-corrected chi connectivity index (χ1v) is 7.83. The molecule has 1 aliphatic rings. The lowest BCUT2D eigenvalue weighted by molar-refractivity contribution is -0.147. The third kappa shape index (κ3) is 3.17. The Kier molecular flexibility index (Phi) is 5.27. The van der Waals surface area contributed by atoms with E-state index in [0.717, 1.165) is 6.92 Å². The number of allylic oxidation sites excluding steroid dienone is 1. The van der Waals surface area contributed by atoms with Crippen LogP contribution in [0.15, 0.2) is 11.6 Å². The molecule has 7 heteroatoms. The molecule has 1 aromatic rings. The maximum absolute atomic E-state index is 13.8. The van der Waals surface area contributed by atoms with Gasteiger partial charge in [0.2, 0.25) is 0 Å². The van der Waals surface area contributed by atoms with E-state index in [-0.39, 0.29) is 12.5 Å². The minimum absolute atomic E-state index is 0.216. The van der Waals surface area contributed by atoms with Gasteiger partial charge >= 0.3 is 5.97 Å². The van der Waals surface area contributed by atoms with Gasteiger partial charge in [-0.15, -0.1) is 0 Å². The molecule has 3 nitrogen and oxygen atoms in total. The average Bonchev–Trinajstić information content (AvgIpc) is 3.14. The van der Waals surface area contributed by atoms with Crippen molar-refractivity contribution in [3.63, 3.8) is 0 Å². The quantitative estimate of drug-likeness (QED) is 0.376. The first-order chi connectivity index (χ1) is 11.6. The van der Waals surface area contributed by atoms with Crippen LogP contribution in [0.3, 0.4) is 0 Å². The number of hydrogen-bond donors (Lipinski definition) is 1. The maximum Gasteiger partial charge on any atom is 0.310 e. The van der Waals surface area contributed by atoms with Crippen LogP contribution < -0.4 is 0 Å². The van der Waals surface area contributed by atoms with Crippen LogP contribution >= 0.6 is 0 Å². The van der Waals surface area contributed by atoms with Gasteiger partial charge < -0.3 is 9.84 Å². The number of carbonyl (C=O) groups is 1. The number of hydrogen-bond acceptors (Lipinski definition) is 3. The number of rotatable bonds is 5. The third-order valence-electron chi connectivity index (χ3n) is 4.97. The fraction of sp³-hybridized carbons (Fsp3) is 0.500. The molecular weight excluding hydrogens is 340 g/mol. The molecule has 1 aliphatic carbocycles. The molecule has 2 atom stereocenters. The standard InChI is InChI=1S/C18H20F4O3/c1-5-9(6-23)11-12(18(11,3)4)17(24)25-7-10-15(21)13(19)8(2)14(20)16(10)22/h5,11-12,23H,6-7H2,1-4H3. The number of aliphatic hydroxyl groups excluding tert-OH is 1. The Morgan fingerprint density at radius 2 is 1.64 bits per heavy atom. The van der Waals surface area contributed by atoms with Crippen molar-refractivity contribution in [2.45, 2.75) is 34.3 Å². The fourth-order valence-electron chi connectivity index (χ4n) is 3.29. The van der Waals surface area contributed by atoms with E-state index in [2.05, 4.69) is 0 Å². The number of ether oxygens (including phenoxy) is 1. The van der Waals surface area contributed by atoms with Gasteiger partial charge in [-0.2, -0.15) is 0 Å². The summed E-state index contributed by atoms with van der Waals surface area (Å²) in [5.41, 5.74) is -1.55. The molecule has 1 N–H and O–H groups in total. The Balaban J connectivity index is 2.17. The molecule has 138 valence electrons. The highest BCUT2D eigenvalue weighted by molar-refractivity contribution is 5.78. The summed E-state index contributed by atoms with van der Waals surface area (Å²) in [6.45, 7) is 5.12. The molecule has 2 rings (SSSR count). The van der Waals surface area contributed by atoms with E-state index in [4.69, 9.17) is 4.74 Å². The zero-order chi connectivity index (χ0) is 19.1. The van der Waals surface area contributed by atoms with Crippen LogP contribution in [0.5, 0.6) is 0 Å². The Morgan fingerprint density at radius 3 is 2.08 bits per heavy atom. The zero-order valence-electron chi connectivity index (χ0n) is 14.4. The summed E-state index contributed by atoms with van der Waals surface area (Å²) >= 11 is 0. The smallest absolute Gasteiger partial charge is 0.310 e. The molecule has 0 aromatic heterocycles. The number of carbonyl (C=O) groups excluding carboxylic acids is 1. The predicted octanol–water partition coefficient (Wildman–Crippen LogP) is 3.81. The highest BCUT2D eigenvalue weighted by atomic mass is 19.2. The van der Waals surface area contributed by atoms with Gasteiger partial charge in [0, 0.05) is 11.5 Å². The first-order valence-electron chi connectivity index (χ1n) is 7.83. The monoisotopic (exact) mass is 360 g/mol. The van der Waals surface area contributed by atoms with Crippen molar-refractivity contribution in [2.24, 2.45) is 17.3 Å². The number of aliphatic hydroxyl groups is 1. The molecule has 0 amide bonds. The number of benzene rings is 1. The van der Waals surface area contributed by atoms with Gasteiger partial charge in [0.15, 0.2) is 23.3 Å². The molecule has 25 heavy (non-hydrogen) atoms. The lowest BCUT2D eigenvalue weighted by Crippen LogP contribution is -2.14. The maximum atomic E-state index is 13.8. The van der Waals surface area contributed by atoms with Crippen molar-refractivity contribution in [3.8, 4) is 0 Å². The van der Waals surface area contributed by atoms with Crippen molar-refractivity contribution < 1.29 is 32.2 Å². The summed E-state index contributed by atoms with van der Waals surface area (Å²) in [7, 11) is 0. The molecular formula is C18H20F4O3. The highest BCUT2D eigenvalue weighted by Crippen LogP contribution is 2.62. The van der Waals surface area contributed by atoms with E-state index in [0.29, 0.717) is 5.57 Å². The minimum atomic E-state index is -1.57. The molecule has 0 heterocycles. The van der Waals surface area contributed by atoms with Crippen LogP contribution in [0.4, 0.5) is 17.6 Å². The molecule has 0 aliphatic heterocycles. The van der Waals surface area contributed by atoms with Crippen LogP contribution in [0.1, 0.15) is 31.9 Å². The van der Waals surface area contributed by atoms with Crippen LogP contribution in [0, 0.1) is 47.4 Å². The van der Waals surface area contributed by atoms with Gasteiger partial charge in [0.05, 0.1) is 18.1 Å². The highest BCUT2D eigenvalue weighted by Gasteiger charge is 2.63. The summed E-state index contributed by atoms with van der Waals surface area (Å²) < 4.78 is 59.7. The van der Waals surface area contributed by atoms with Crippen molar-refractivity contribution in [2.75, 3.05) is 6.61 Å². The van der Waals surface area contributed by atoms with E-state index in [1.807, 2.05) is 0 Å². The summed E-state index contributed by atoms with van der Waals surface area (Å²) in [6.07, 6.45) is 1.70. The average molecular weight is 360 g/mol. The Morgan fingerprint density at radius 1 is 1.12 bits per heavy atom. The van der Waals surface area contributed by atoms with Crippen LogP contribution in [0.2, 0.25) is 0 Å². The van der Waals surface area contributed by atoms with Crippen molar-refractivity contribution in [3.05, 3.63) is 46.0 Å². The fourth-order valence-corrected chi connectivity index (χ4v) is 3.29. The van der Waals surface area contributed by atoms with Gasteiger partial charge in [0.25, 0.3) is 0 Å². The second-order valence-electron chi connectivity index (χ2n) is 6.77. The SMILES string of the molecule is CC=C(CO)C1C(C(=O)OCc2c(F)c(F)c(C)c(F)c2F)C1(C)C. The lowest BCUT2D eigenvalue weighted by atomic mass is 10.0. The Bertz CT molecular complexity index is 711. The molecule has 1 aromatic carbocycles. The van der Waals surface area contributed by atoms with E-state index in [1.165, 1.54) is 0 Å². The molecule has 2 unspecified atom stereocenters. The third-order valence-corrected chi connectivity index (χ3v) is 4.97. The van der Waals surface area contributed by atoms with E-state index in [9.17, 15) is 27.5 Å². The summed E-state index contributed by atoms with van der Waals surface area (Å²) in [6, 6.07) is 0. The largest absolute Gasteiger partial charge is 0.460 e. The normalized spacial score (nSPS) is 22.0. The zero-order valence-corrected chi connectivity index (χ0v) is 14.4. The molecule has 1 saturated carbocycles. The van der Waals surface area contributed by atoms with Gasteiger partial charge in [-0.05, 0) is 24.8 Å². The van der Waals surface area contributed by atoms with Gasteiger partial charge in [-0.25, -0.2) is 17.6 Å². The van der Waals surface area contributed by atoms with E-state index >= 15 is 0 Å². The predicted molar refractivity (Wildman–Crippen MR) is 82.4 cm³/mol. The molecule has 0 radical (unpaired) electrons. The Labute approximate surface area is 143 Å². The molecule has 0 bridgehead atoms.